The molecule has 4 rings (SSSR count). The second-order valence-electron chi connectivity index (χ2n) is 6.62. The Hall–Kier alpha value is -3.87. The van der Waals surface area contributed by atoms with Gasteiger partial charge in [0.25, 0.3) is 5.56 Å². The van der Waals surface area contributed by atoms with Gasteiger partial charge >= 0.3 is 11.7 Å². The summed E-state index contributed by atoms with van der Waals surface area (Å²) in [5, 5.41) is 0. The van der Waals surface area contributed by atoms with Crippen LogP contribution < -0.4 is 11.2 Å². The van der Waals surface area contributed by atoms with E-state index in [0.29, 0.717) is 0 Å². The molecule has 7 nitrogen and oxygen atoms in total. The number of aryl methyl sites for hydroxylation is 1. The quantitative estimate of drug-likeness (QED) is 0.490. The molecule has 0 saturated heterocycles. The number of hydrogen-bond donors (Lipinski definition) is 0. The summed E-state index contributed by atoms with van der Waals surface area (Å²) in [4.78, 5) is 37.9. The Balaban J connectivity index is 1.67. The molecule has 7 heteroatoms. The van der Waals surface area contributed by atoms with Crippen LogP contribution in [0.25, 0.3) is 5.71 Å². The maximum atomic E-state index is 12.8. The summed E-state index contributed by atoms with van der Waals surface area (Å²) in [5.41, 5.74) is 0.881. The molecule has 2 heterocycles. The second-order valence-corrected chi connectivity index (χ2v) is 6.62. The summed E-state index contributed by atoms with van der Waals surface area (Å²) in [6.45, 7) is 1.76. The number of rotatable bonds is 5. The van der Waals surface area contributed by atoms with Crippen LogP contribution in [0.5, 0.6) is 0 Å². The molecule has 0 aliphatic carbocycles. The number of oxazole rings is 1. The van der Waals surface area contributed by atoms with Crippen LogP contribution >= 0.6 is 0 Å². The minimum Gasteiger partial charge on any atom is -0.455 e. The molecule has 2 aromatic heterocycles. The van der Waals surface area contributed by atoms with Crippen molar-refractivity contribution in [1.29, 1.82) is 0 Å². The van der Waals surface area contributed by atoms with Gasteiger partial charge in [0, 0.05) is 0 Å². The standard InChI is InChI=1S/C22H18N2O5/c1-15-19(25)23(12-16-8-4-2-5-9-16)22(27)24-13-18(29-20(15)24)21(26)28-14-17-10-6-3-7-11-17/h2-11,13H,12,14H2,1H3. The summed E-state index contributed by atoms with van der Waals surface area (Å²) in [6.07, 6.45) is 1.26. The van der Waals surface area contributed by atoms with Crippen LogP contribution in [-0.4, -0.2) is 14.9 Å². The van der Waals surface area contributed by atoms with Crippen LogP contribution in [0.3, 0.4) is 0 Å². The van der Waals surface area contributed by atoms with Crippen molar-refractivity contribution in [3.63, 3.8) is 0 Å². The van der Waals surface area contributed by atoms with Crippen molar-refractivity contribution in [2.24, 2.45) is 0 Å². The lowest BCUT2D eigenvalue weighted by Gasteiger charge is -2.06. The molecular formula is C22H18N2O5. The Labute approximate surface area is 165 Å². The molecule has 29 heavy (non-hydrogen) atoms. The molecular weight excluding hydrogens is 372 g/mol. The molecule has 0 atom stereocenters. The van der Waals surface area contributed by atoms with E-state index in [2.05, 4.69) is 0 Å². The number of benzene rings is 2. The zero-order chi connectivity index (χ0) is 20.4. The maximum absolute atomic E-state index is 12.8. The van der Waals surface area contributed by atoms with Gasteiger partial charge in [-0.15, -0.1) is 0 Å². The lowest BCUT2D eigenvalue weighted by molar-refractivity contribution is 0.0438. The van der Waals surface area contributed by atoms with E-state index < -0.39 is 17.2 Å². The second kappa shape index (κ2) is 7.63. The Morgan fingerprint density at radius 3 is 2.24 bits per heavy atom. The van der Waals surface area contributed by atoms with Gasteiger partial charge in [-0.2, -0.15) is 0 Å². The van der Waals surface area contributed by atoms with Crippen molar-refractivity contribution in [3.05, 3.63) is 110 Å². The Morgan fingerprint density at radius 2 is 1.59 bits per heavy atom. The van der Waals surface area contributed by atoms with Gasteiger partial charge in [-0.25, -0.2) is 14.0 Å². The van der Waals surface area contributed by atoms with Crippen LogP contribution in [-0.2, 0) is 17.9 Å². The normalized spacial score (nSPS) is 10.9. The first-order valence-electron chi connectivity index (χ1n) is 9.05. The number of hydrogen-bond acceptors (Lipinski definition) is 5. The first-order valence-corrected chi connectivity index (χ1v) is 9.05. The third-order valence-corrected chi connectivity index (χ3v) is 4.59. The highest BCUT2D eigenvalue weighted by atomic mass is 16.5. The molecule has 0 unspecified atom stereocenters. The number of esters is 1. The Bertz CT molecular complexity index is 1280. The summed E-state index contributed by atoms with van der Waals surface area (Å²) in [7, 11) is 0. The van der Waals surface area contributed by atoms with Gasteiger partial charge < -0.3 is 9.15 Å². The fraction of sp³-hybridized carbons (Fsp3) is 0.136. The molecule has 0 N–H and O–H groups in total. The number of fused-ring (bicyclic) bond motifs is 1. The molecule has 4 aromatic rings. The van der Waals surface area contributed by atoms with Crippen molar-refractivity contribution >= 4 is 11.7 Å². The lowest BCUT2D eigenvalue weighted by Crippen LogP contribution is -2.38. The highest BCUT2D eigenvalue weighted by molar-refractivity contribution is 5.86. The number of carbonyl (C=O) groups is 1. The van der Waals surface area contributed by atoms with Gasteiger partial charge in [-0.3, -0.25) is 9.36 Å². The summed E-state index contributed by atoms with van der Waals surface area (Å²) < 4.78 is 13.0. The van der Waals surface area contributed by atoms with E-state index in [1.165, 1.54) is 10.6 Å². The zero-order valence-corrected chi connectivity index (χ0v) is 15.7. The van der Waals surface area contributed by atoms with Crippen LogP contribution in [0.2, 0.25) is 0 Å². The molecule has 146 valence electrons. The van der Waals surface area contributed by atoms with E-state index in [9.17, 15) is 14.4 Å². The highest BCUT2D eigenvalue weighted by Crippen LogP contribution is 2.13. The SMILES string of the molecule is Cc1c(=O)n(Cc2ccccc2)c(=O)n2cc(C(=O)OCc3ccccc3)oc12. The third-order valence-electron chi connectivity index (χ3n) is 4.59. The molecule has 0 saturated carbocycles. The molecule has 0 bridgehead atoms. The summed E-state index contributed by atoms with van der Waals surface area (Å²) in [5.74, 6) is -0.851. The topological polar surface area (TPSA) is 82.9 Å². The van der Waals surface area contributed by atoms with E-state index in [1.807, 2.05) is 60.7 Å². The summed E-state index contributed by atoms with van der Waals surface area (Å²) in [6, 6.07) is 18.4. The average Bonchev–Trinajstić information content (AvgIpc) is 3.21. The fourth-order valence-corrected chi connectivity index (χ4v) is 3.06. The average molecular weight is 390 g/mol. The van der Waals surface area contributed by atoms with Crippen LogP contribution in [0.1, 0.15) is 27.2 Å². The van der Waals surface area contributed by atoms with Gasteiger partial charge in [0.05, 0.1) is 18.3 Å². The predicted octanol–water partition coefficient (Wildman–Crippen LogP) is 2.77. The van der Waals surface area contributed by atoms with E-state index in [0.717, 1.165) is 15.7 Å². The van der Waals surface area contributed by atoms with Gasteiger partial charge in [0.1, 0.15) is 6.61 Å². The smallest absolute Gasteiger partial charge is 0.376 e. The van der Waals surface area contributed by atoms with E-state index in [1.54, 1.807) is 6.92 Å². The molecule has 0 aliphatic rings. The van der Waals surface area contributed by atoms with Crippen molar-refractivity contribution in [3.8, 4) is 0 Å². The number of ether oxygens (including phenoxy) is 1. The van der Waals surface area contributed by atoms with Crippen LogP contribution in [0.4, 0.5) is 0 Å². The monoisotopic (exact) mass is 390 g/mol. The van der Waals surface area contributed by atoms with E-state index in [4.69, 9.17) is 9.15 Å². The van der Waals surface area contributed by atoms with Crippen LogP contribution in [0, 0.1) is 6.92 Å². The first kappa shape index (κ1) is 18.5. The van der Waals surface area contributed by atoms with E-state index in [-0.39, 0.29) is 30.2 Å². The van der Waals surface area contributed by atoms with Crippen LogP contribution in [0.15, 0.2) is 80.9 Å². The van der Waals surface area contributed by atoms with Gasteiger partial charge in [0.2, 0.25) is 11.5 Å². The van der Waals surface area contributed by atoms with E-state index >= 15 is 0 Å². The van der Waals surface area contributed by atoms with Gasteiger partial charge in [-0.1, -0.05) is 60.7 Å². The zero-order valence-electron chi connectivity index (χ0n) is 15.7. The van der Waals surface area contributed by atoms with Crippen molar-refractivity contribution in [2.75, 3.05) is 0 Å². The number of aromatic nitrogens is 2. The minimum absolute atomic E-state index is 0.0379. The lowest BCUT2D eigenvalue weighted by atomic mass is 10.2. The molecule has 0 spiro atoms. The summed E-state index contributed by atoms with van der Waals surface area (Å²) >= 11 is 0. The molecule has 0 amide bonds. The molecule has 0 radical (unpaired) electrons. The van der Waals surface area contributed by atoms with Gasteiger partial charge in [0.15, 0.2) is 0 Å². The fourth-order valence-electron chi connectivity index (χ4n) is 3.06. The maximum Gasteiger partial charge on any atom is 0.376 e. The number of carbonyl (C=O) groups excluding carboxylic acids is 1. The van der Waals surface area contributed by atoms with Crippen molar-refractivity contribution < 1.29 is 13.9 Å². The first-order chi connectivity index (χ1) is 14.0. The third kappa shape index (κ3) is 3.62. The van der Waals surface area contributed by atoms with Gasteiger partial charge in [-0.05, 0) is 18.1 Å². The largest absolute Gasteiger partial charge is 0.455 e. The Kier molecular flexibility index (Phi) is 4.87. The van der Waals surface area contributed by atoms with Crippen molar-refractivity contribution in [2.45, 2.75) is 20.1 Å². The molecule has 2 aromatic carbocycles. The minimum atomic E-state index is -0.710. The molecule has 0 aliphatic heterocycles. The highest BCUT2D eigenvalue weighted by Gasteiger charge is 2.20. The van der Waals surface area contributed by atoms with Crippen molar-refractivity contribution in [1.82, 2.24) is 8.97 Å². The number of nitrogens with zero attached hydrogens (tertiary/aromatic N) is 2. The Morgan fingerprint density at radius 1 is 0.966 bits per heavy atom. The molecule has 0 fully saturated rings. The predicted molar refractivity (Wildman–Crippen MR) is 106 cm³/mol.